The van der Waals surface area contributed by atoms with E-state index in [0.29, 0.717) is 6.04 Å². The summed E-state index contributed by atoms with van der Waals surface area (Å²) in [5, 5.41) is 12.4. The van der Waals surface area contributed by atoms with Crippen LogP contribution in [0.15, 0.2) is 0 Å². The molecule has 0 bridgehead atoms. The summed E-state index contributed by atoms with van der Waals surface area (Å²) in [4.78, 5) is 2.14. The van der Waals surface area contributed by atoms with Crippen LogP contribution in [-0.2, 0) is 0 Å². The van der Waals surface area contributed by atoms with Gasteiger partial charge in [-0.05, 0) is 20.5 Å². The van der Waals surface area contributed by atoms with Crippen molar-refractivity contribution in [2.24, 2.45) is 0 Å². The van der Waals surface area contributed by atoms with Gasteiger partial charge in [0.05, 0.1) is 6.61 Å². The molecule has 80 valence electrons. The molecule has 0 saturated carbocycles. The summed E-state index contributed by atoms with van der Waals surface area (Å²) >= 11 is 0. The smallest absolute Gasteiger partial charge is 0.0584 e. The molecule has 0 fully saturated rings. The standard InChI is InChI=1S/C10H24N2O/c1-4-5-6-10(9-13)11-7-8-12(2)3/h10-11,13H,4-9H2,1-3H3. The summed E-state index contributed by atoms with van der Waals surface area (Å²) in [6.07, 6.45) is 3.48. The molecule has 1 atom stereocenters. The van der Waals surface area contributed by atoms with E-state index in [1.54, 1.807) is 0 Å². The van der Waals surface area contributed by atoms with E-state index in [9.17, 15) is 0 Å². The van der Waals surface area contributed by atoms with Crippen LogP contribution in [0.4, 0.5) is 0 Å². The van der Waals surface area contributed by atoms with Gasteiger partial charge in [0.15, 0.2) is 0 Å². The first-order valence-corrected chi connectivity index (χ1v) is 5.19. The van der Waals surface area contributed by atoms with Crippen LogP contribution in [0.25, 0.3) is 0 Å². The van der Waals surface area contributed by atoms with Gasteiger partial charge in [0.1, 0.15) is 0 Å². The van der Waals surface area contributed by atoms with E-state index in [1.807, 2.05) is 0 Å². The number of nitrogens with zero attached hydrogens (tertiary/aromatic N) is 1. The fraction of sp³-hybridized carbons (Fsp3) is 1.00. The first-order valence-electron chi connectivity index (χ1n) is 5.19. The predicted molar refractivity (Wildman–Crippen MR) is 57.0 cm³/mol. The molecule has 0 aromatic rings. The van der Waals surface area contributed by atoms with Crippen LogP contribution in [0.5, 0.6) is 0 Å². The summed E-state index contributed by atoms with van der Waals surface area (Å²) in [6, 6.07) is 0.292. The second-order valence-electron chi connectivity index (χ2n) is 3.78. The number of aliphatic hydroxyl groups is 1. The van der Waals surface area contributed by atoms with E-state index in [-0.39, 0.29) is 6.61 Å². The number of rotatable bonds is 8. The molecule has 0 radical (unpaired) electrons. The minimum absolute atomic E-state index is 0.257. The summed E-state index contributed by atoms with van der Waals surface area (Å²) in [6.45, 7) is 4.42. The fourth-order valence-electron chi connectivity index (χ4n) is 1.20. The first-order chi connectivity index (χ1) is 6.20. The van der Waals surface area contributed by atoms with Crippen molar-refractivity contribution >= 4 is 0 Å². The molecular weight excluding hydrogens is 164 g/mol. The molecule has 3 nitrogen and oxygen atoms in total. The summed E-state index contributed by atoms with van der Waals surface area (Å²) in [5.74, 6) is 0. The number of aliphatic hydroxyl groups excluding tert-OH is 1. The van der Waals surface area contributed by atoms with E-state index in [0.717, 1.165) is 19.5 Å². The molecule has 0 saturated heterocycles. The van der Waals surface area contributed by atoms with E-state index in [4.69, 9.17) is 5.11 Å². The van der Waals surface area contributed by atoms with Crippen molar-refractivity contribution < 1.29 is 5.11 Å². The Morgan fingerprint density at radius 2 is 2.08 bits per heavy atom. The third-order valence-electron chi connectivity index (χ3n) is 2.12. The van der Waals surface area contributed by atoms with Crippen molar-refractivity contribution in [2.45, 2.75) is 32.2 Å². The van der Waals surface area contributed by atoms with Gasteiger partial charge in [-0.1, -0.05) is 19.8 Å². The Morgan fingerprint density at radius 3 is 2.54 bits per heavy atom. The number of nitrogens with one attached hydrogen (secondary N) is 1. The third kappa shape index (κ3) is 8.22. The van der Waals surface area contributed by atoms with Crippen LogP contribution in [0, 0.1) is 0 Å². The van der Waals surface area contributed by atoms with Crippen LogP contribution >= 0.6 is 0 Å². The zero-order chi connectivity index (χ0) is 10.1. The Balaban J connectivity index is 3.36. The third-order valence-corrected chi connectivity index (χ3v) is 2.12. The van der Waals surface area contributed by atoms with Gasteiger partial charge in [-0.15, -0.1) is 0 Å². The van der Waals surface area contributed by atoms with Crippen molar-refractivity contribution in [1.82, 2.24) is 10.2 Å². The van der Waals surface area contributed by atoms with Gasteiger partial charge >= 0.3 is 0 Å². The predicted octanol–water partition coefficient (Wildman–Crippen LogP) is 0.689. The Bertz CT molecular complexity index is 107. The van der Waals surface area contributed by atoms with Crippen molar-refractivity contribution in [3.8, 4) is 0 Å². The van der Waals surface area contributed by atoms with Gasteiger partial charge in [0, 0.05) is 19.1 Å². The maximum Gasteiger partial charge on any atom is 0.0584 e. The van der Waals surface area contributed by atoms with Crippen molar-refractivity contribution in [3.05, 3.63) is 0 Å². The van der Waals surface area contributed by atoms with Crippen molar-refractivity contribution in [1.29, 1.82) is 0 Å². The Kier molecular flexibility index (Phi) is 8.40. The monoisotopic (exact) mass is 188 g/mol. The van der Waals surface area contributed by atoms with Crippen LogP contribution < -0.4 is 5.32 Å². The Hall–Kier alpha value is -0.120. The van der Waals surface area contributed by atoms with Crippen LogP contribution in [0.1, 0.15) is 26.2 Å². The lowest BCUT2D eigenvalue weighted by Crippen LogP contribution is -2.37. The van der Waals surface area contributed by atoms with Crippen LogP contribution in [-0.4, -0.2) is 49.8 Å². The van der Waals surface area contributed by atoms with Gasteiger partial charge in [-0.2, -0.15) is 0 Å². The maximum absolute atomic E-state index is 9.04. The van der Waals surface area contributed by atoms with Gasteiger partial charge in [-0.3, -0.25) is 0 Å². The maximum atomic E-state index is 9.04. The highest BCUT2D eigenvalue weighted by Crippen LogP contribution is 1.99. The molecule has 0 amide bonds. The number of hydrogen-bond donors (Lipinski definition) is 2. The summed E-state index contributed by atoms with van der Waals surface area (Å²) in [7, 11) is 4.11. The van der Waals surface area contributed by atoms with E-state index >= 15 is 0 Å². The topological polar surface area (TPSA) is 35.5 Å². The highest BCUT2D eigenvalue weighted by Gasteiger charge is 2.04. The normalized spacial score (nSPS) is 13.6. The van der Waals surface area contributed by atoms with Crippen LogP contribution in [0.2, 0.25) is 0 Å². The number of likely N-dealkylation sites (N-methyl/N-ethyl adjacent to an activating group) is 1. The zero-order valence-electron chi connectivity index (χ0n) is 9.21. The minimum atomic E-state index is 0.257. The quantitative estimate of drug-likeness (QED) is 0.588. The van der Waals surface area contributed by atoms with E-state index in [1.165, 1.54) is 12.8 Å². The molecule has 3 heteroatoms. The highest BCUT2D eigenvalue weighted by atomic mass is 16.3. The molecule has 2 N–H and O–H groups in total. The van der Waals surface area contributed by atoms with E-state index < -0.39 is 0 Å². The van der Waals surface area contributed by atoms with E-state index in [2.05, 4.69) is 31.2 Å². The highest BCUT2D eigenvalue weighted by molar-refractivity contribution is 4.65. The Morgan fingerprint density at radius 1 is 1.38 bits per heavy atom. The SMILES string of the molecule is CCCCC(CO)NCCN(C)C. The molecule has 0 aliphatic carbocycles. The zero-order valence-corrected chi connectivity index (χ0v) is 9.21. The summed E-state index contributed by atoms with van der Waals surface area (Å²) in [5.41, 5.74) is 0. The number of hydrogen-bond acceptors (Lipinski definition) is 3. The first kappa shape index (κ1) is 12.9. The molecule has 0 aliphatic rings. The molecule has 0 rings (SSSR count). The molecule has 0 aromatic carbocycles. The second-order valence-corrected chi connectivity index (χ2v) is 3.78. The molecule has 13 heavy (non-hydrogen) atoms. The van der Waals surface area contributed by atoms with Crippen molar-refractivity contribution in [2.75, 3.05) is 33.8 Å². The molecule has 1 unspecified atom stereocenters. The number of unbranched alkanes of at least 4 members (excludes halogenated alkanes) is 1. The molecule has 0 heterocycles. The Labute approximate surface area is 82.1 Å². The fourth-order valence-corrected chi connectivity index (χ4v) is 1.20. The second kappa shape index (κ2) is 8.48. The van der Waals surface area contributed by atoms with Crippen LogP contribution in [0.3, 0.4) is 0 Å². The lowest BCUT2D eigenvalue weighted by molar-refractivity contribution is 0.229. The average Bonchev–Trinajstić information content (AvgIpc) is 2.10. The molecule has 0 spiro atoms. The van der Waals surface area contributed by atoms with Gasteiger partial charge in [-0.25, -0.2) is 0 Å². The van der Waals surface area contributed by atoms with Gasteiger partial charge in [0.25, 0.3) is 0 Å². The lowest BCUT2D eigenvalue weighted by atomic mass is 10.1. The van der Waals surface area contributed by atoms with Gasteiger partial charge < -0.3 is 15.3 Å². The molecule has 0 aliphatic heterocycles. The molecular formula is C10H24N2O. The average molecular weight is 188 g/mol. The van der Waals surface area contributed by atoms with Crippen molar-refractivity contribution in [3.63, 3.8) is 0 Å². The lowest BCUT2D eigenvalue weighted by Gasteiger charge is -2.17. The largest absolute Gasteiger partial charge is 0.395 e. The molecule has 0 aromatic heterocycles. The summed E-state index contributed by atoms with van der Waals surface area (Å²) < 4.78 is 0. The minimum Gasteiger partial charge on any atom is -0.395 e. The van der Waals surface area contributed by atoms with Gasteiger partial charge in [0.2, 0.25) is 0 Å².